The summed E-state index contributed by atoms with van der Waals surface area (Å²) in [6, 6.07) is 1.63. The molecule has 2 rings (SSSR count). The Labute approximate surface area is 133 Å². The minimum Gasteiger partial charge on any atom is -0.466 e. The number of nitrogens with zero attached hydrogens (tertiary/aromatic N) is 3. The van der Waals surface area contributed by atoms with Gasteiger partial charge in [-0.2, -0.15) is 0 Å². The van der Waals surface area contributed by atoms with Gasteiger partial charge >= 0.3 is 5.97 Å². The number of aromatic nitrogens is 1. The highest BCUT2D eigenvalue weighted by Crippen LogP contribution is 2.19. The number of hydrogen-bond acceptors (Lipinski definition) is 5. The van der Waals surface area contributed by atoms with Gasteiger partial charge in [0.2, 0.25) is 5.70 Å². The van der Waals surface area contributed by atoms with Crippen LogP contribution in [0.2, 0.25) is 0 Å². The van der Waals surface area contributed by atoms with Crippen LogP contribution in [-0.4, -0.2) is 46.0 Å². The second kappa shape index (κ2) is 7.08. The summed E-state index contributed by atoms with van der Waals surface area (Å²) < 4.78 is 6.63. The zero-order chi connectivity index (χ0) is 17.0. The summed E-state index contributed by atoms with van der Waals surface area (Å²) in [5.41, 5.74) is 1.11. The number of ether oxygens (including phenoxy) is 1. The smallest absolute Gasteiger partial charge is 0.307 e. The Hall–Kier alpha value is -2.64. The summed E-state index contributed by atoms with van der Waals surface area (Å²) in [6.45, 7) is 4.86. The lowest BCUT2D eigenvalue weighted by molar-refractivity contribution is -0.422. The highest BCUT2D eigenvalue weighted by molar-refractivity contribution is 5.94. The van der Waals surface area contributed by atoms with E-state index in [0.717, 1.165) is 0 Å². The van der Waals surface area contributed by atoms with E-state index in [1.807, 2.05) is 0 Å². The Balaban J connectivity index is 2.08. The van der Waals surface area contributed by atoms with Crippen LogP contribution >= 0.6 is 0 Å². The molecule has 1 aliphatic heterocycles. The van der Waals surface area contributed by atoms with Crippen LogP contribution < -0.4 is 0 Å². The summed E-state index contributed by atoms with van der Waals surface area (Å²) in [7, 11) is 0. The van der Waals surface area contributed by atoms with Crippen LogP contribution in [0.1, 0.15) is 36.3 Å². The number of carbonyl (C=O) groups excluding carboxylic acids is 2. The third-order valence-electron chi connectivity index (χ3n) is 3.59. The van der Waals surface area contributed by atoms with Gasteiger partial charge in [0, 0.05) is 38.8 Å². The minimum atomic E-state index is -0.468. The Morgan fingerprint density at radius 1 is 1.48 bits per heavy atom. The summed E-state index contributed by atoms with van der Waals surface area (Å²) in [4.78, 5) is 35.6. The van der Waals surface area contributed by atoms with Crippen LogP contribution in [0.3, 0.4) is 0 Å². The van der Waals surface area contributed by atoms with Crippen LogP contribution in [0.5, 0.6) is 0 Å². The SMILES string of the molecule is CCOC(=O)CCN1CCn2cc(/C=C(/C)[N+](=O)[O-])cc2C1=O. The van der Waals surface area contributed by atoms with E-state index in [4.69, 9.17) is 4.74 Å². The number of esters is 1. The monoisotopic (exact) mass is 321 g/mol. The maximum absolute atomic E-state index is 12.4. The van der Waals surface area contributed by atoms with Crippen LogP contribution in [0.25, 0.3) is 6.08 Å². The van der Waals surface area contributed by atoms with E-state index in [0.29, 0.717) is 37.5 Å². The molecule has 0 saturated heterocycles. The van der Waals surface area contributed by atoms with E-state index >= 15 is 0 Å². The second-order valence-electron chi connectivity index (χ2n) is 5.24. The third kappa shape index (κ3) is 3.97. The zero-order valence-corrected chi connectivity index (χ0v) is 13.2. The molecule has 1 aromatic heterocycles. The minimum absolute atomic E-state index is 0.0135. The molecule has 0 radical (unpaired) electrons. The number of amides is 1. The lowest BCUT2D eigenvalue weighted by atomic mass is 10.2. The number of fused-ring (bicyclic) bond motifs is 1. The predicted molar refractivity (Wildman–Crippen MR) is 82.2 cm³/mol. The molecular formula is C15H19N3O5. The summed E-state index contributed by atoms with van der Waals surface area (Å²) in [5, 5.41) is 10.7. The van der Waals surface area contributed by atoms with Gasteiger partial charge in [0.1, 0.15) is 5.69 Å². The van der Waals surface area contributed by atoms with Crippen molar-refractivity contribution in [2.75, 3.05) is 19.7 Å². The maximum atomic E-state index is 12.4. The van der Waals surface area contributed by atoms with Crippen molar-refractivity contribution >= 4 is 18.0 Å². The molecule has 0 aromatic carbocycles. The lowest BCUT2D eigenvalue weighted by Gasteiger charge is -2.27. The topological polar surface area (TPSA) is 94.7 Å². The number of allylic oxidation sites excluding steroid dienone is 1. The third-order valence-corrected chi connectivity index (χ3v) is 3.59. The van der Waals surface area contributed by atoms with Crippen molar-refractivity contribution in [2.45, 2.75) is 26.8 Å². The van der Waals surface area contributed by atoms with Crippen LogP contribution in [0, 0.1) is 10.1 Å². The molecular weight excluding hydrogens is 302 g/mol. The molecule has 1 amide bonds. The molecule has 0 N–H and O–H groups in total. The van der Waals surface area contributed by atoms with Crippen molar-refractivity contribution in [3.8, 4) is 0 Å². The van der Waals surface area contributed by atoms with E-state index < -0.39 is 4.92 Å². The standard InChI is InChI=1S/C15H19N3O5/c1-3-23-14(19)4-5-16-6-7-17-10-12(8-11(2)18(21)22)9-13(17)15(16)20/h8-10H,3-7H2,1-2H3/b11-8-. The van der Waals surface area contributed by atoms with E-state index in [1.165, 1.54) is 13.0 Å². The molecule has 124 valence electrons. The van der Waals surface area contributed by atoms with Crippen molar-refractivity contribution in [1.82, 2.24) is 9.47 Å². The Morgan fingerprint density at radius 2 is 2.22 bits per heavy atom. The molecule has 8 heteroatoms. The number of rotatable bonds is 6. The summed E-state index contributed by atoms with van der Waals surface area (Å²) in [5.74, 6) is -0.509. The van der Waals surface area contributed by atoms with Gasteiger partial charge in [0.25, 0.3) is 5.91 Å². The first kappa shape index (κ1) is 16.7. The van der Waals surface area contributed by atoms with Gasteiger partial charge in [-0.1, -0.05) is 0 Å². The molecule has 0 spiro atoms. The van der Waals surface area contributed by atoms with Gasteiger partial charge in [0.15, 0.2) is 0 Å². The Bertz CT molecular complexity index is 662. The van der Waals surface area contributed by atoms with E-state index in [1.54, 1.807) is 28.7 Å². The Kier molecular flexibility index (Phi) is 5.15. The molecule has 2 heterocycles. The molecule has 0 unspecified atom stereocenters. The molecule has 0 bridgehead atoms. The first-order chi connectivity index (χ1) is 10.9. The van der Waals surface area contributed by atoms with Gasteiger partial charge < -0.3 is 14.2 Å². The van der Waals surface area contributed by atoms with Gasteiger partial charge in [-0.25, -0.2) is 0 Å². The fourth-order valence-corrected chi connectivity index (χ4v) is 2.43. The first-order valence-corrected chi connectivity index (χ1v) is 7.40. The van der Waals surface area contributed by atoms with Gasteiger partial charge in [0.05, 0.1) is 18.0 Å². The zero-order valence-electron chi connectivity index (χ0n) is 13.2. The van der Waals surface area contributed by atoms with Gasteiger partial charge in [-0.15, -0.1) is 0 Å². The number of carbonyl (C=O) groups is 2. The molecule has 1 aromatic rings. The number of nitro groups is 1. The first-order valence-electron chi connectivity index (χ1n) is 7.40. The van der Waals surface area contributed by atoms with Crippen molar-refractivity contribution in [2.24, 2.45) is 0 Å². The van der Waals surface area contributed by atoms with Crippen molar-refractivity contribution in [1.29, 1.82) is 0 Å². The van der Waals surface area contributed by atoms with Crippen molar-refractivity contribution in [3.05, 3.63) is 39.3 Å². The largest absolute Gasteiger partial charge is 0.466 e. The van der Waals surface area contributed by atoms with Gasteiger partial charge in [-0.3, -0.25) is 19.7 Å². The van der Waals surface area contributed by atoms with Crippen LogP contribution in [-0.2, 0) is 16.1 Å². The van der Waals surface area contributed by atoms with E-state index in [9.17, 15) is 19.7 Å². The fraction of sp³-hybridized carbons (Fsp3) is 0.467. The second-order valence-corrected chi connectivity index (χ2v) is 5.24. The molecule has 1 aliphatic rings. The highest BCUT2D eigenvalue weighted by atomic mass is 16.6. The van der Waals surface area contributed by atoms with Gasteiger partial charge in [-0.05, 0) is 18.6 Å². The van der Waals surface area contributed by atoms with E-state index in [-0.39, 0.29) is 24.0 Å². The van der Waals surface area contributed by atoms with Crippen LogP contribution in [0.15, 0.2) is 18.0 Å². The lowest BCUT2D eigenvalue weighted by Crippen LogP contribution is -2.41. The predicted octanol–water partition coefficient (Wildman–Crippen LogP) is 1.53. The average molecular weight is 321 g/mol. The Morgan fingerprint density at radius 3 is 2.87 bits per heavy atom. The molecule has 0 aliphatic carbocycles. The van der Waals surface area contributed by atoms with Crippen molar-refractivity contribution < 1.29 is 19.2 Å². The van der Waals surface area contributed by atoms with E-state index in [2.05, 4.69) is 0 Å². The maximum Gasteiger partial charge on any atom is 0.307 e. The van der Waals surface area contributed by atoms with Crippen molar-refractivity contribution in [3.63, 3.8) is 0 Å². The molecule has 0 fully saturated rings. The molecule has 0 atom stereocenters. The normalized spacial score (nSPS) is 14.6. The average Bonchev–Trinajstić information content (AvgIpc) is 2.90. The molecule has 23 heavy (non-hydrogen) atoms. The quantitative estimate of drug-likeness (QED) is 0.450. The highest BCUT2D eigenvalue weighted by Gasteiger charge is 2.25. The molecule has 8 nitrogen and oxygen atoms in total. The fourth-order valence-electron chi connectivity index (χ4n) is 2.43. The van der Waals surface area contributed by atoms with Crippen LogP contribution in [0.4, 0.5) is 0 Å². The summed E-state index contributed by atoms with van der Waals surface area (Å²) in [6.07, 6.45) is 3.32. The summed E-state index contributed by atoms with van der Waals surface area (Å²) >= 11 is 0. The molecule has 0 saturated carbocycles. The number of hydrogen-bond donors (Lipinski definition) is 0.